The topological polar surface area (TPSA) is 0 Å². The summed E-state index contributed by atoms with van der Waals surface area (Å²) in [5.74, 6) is 0.301. The van der Waals surface area contributed by atoms with Crippen LogP contribution in [-0.2, 0) is 67.6 Å². The third-order valence-electron chi connectivity index (χ3n) is 28.5. The Morgan fingerprint density at radius 1 is 0.260 bits per heavy atom. The highest BCUT2D eigenvalue weighted by Gasteiger charge is 2.48. The average Bonchev–Trinajstić information content (AvgIpc) is 1.58. The van der Waals surface area contributed by atoms with Gasteiger partial charge in [-0.25, -0.2) is 0 Å². The molecule has 0 saturated heterocycles. The molecule has 18 rings (SSSR count). The van der Waals surface area contributed by atoms with Crippen molar-refractivity contribution in [2.24, 2.45) is 0 Å². The number of rotatable bonds is 37. The lowest BCUT2D eigenvalue weighted by Gasteiger charge is -2.35. The molecule has 12 aromatic carbocycles. The van der Waals surface area contributed by atoms with Crippen LogP contribution in [0, 0.1) is 0 Å². The van der Waals surface area contributed by atoms with Crippen molar-refractivity contribution in [3.05, 3.63) is 372 Å². The second-order valence-electron chi connectivity index (χ2n) is 36.3. The van der Waals surface area contributed by atoms with Crippen LogP contribution in [0.5, 0.6) is 0 Å². The van der Waals surface area contributed by atoms with Gasteiger partial charge in [0.2, 0.25) is 0 Å². The van der Waals surface area contributed by atoms with Gasteiger partial charge in [-0.05, 0) is 311 Å². The number of alkyl halides is 1. The van der Waals surface area contributed by atoms with E-state index in [0.29, 0.717) is 5.92 Å². The van der Waals surface area contributed by atoms with Gasteiger partial charge in [-0.15, -0.1) is 0 Å². The van der Waals surface area contributed by atoms with Crippen LogP contribution in [0.25, 0.3) is 44.5 Å². The molecule has 0 aliphatic heterocycles. The summed E-state index contributed by atoms with van der Waals surface area (Å²) in [6.45, 7) is 13.2. The monoisotopic (exact) mass is 1990 g/mol. The first kappa shape index (κ1) is 91.1. The lowest BCUT2D eigenvalue weighted by molar-refractivity contribution is 0.479. The molecule has 638 valence electrons. The van der Waals surface area contributed by atoms with E-state index < -0.39 is 0 Å². The molecule has 6 aliphatic rings. The Bertz CT molecular complexity index is 5320. The third kappa shape index (κ3) is 19.7. The summed E-state index contributed by atoms with van der Waals surface area (Å²) in [6, 6.07) is 94.8. The maximum Gasteiger partial charge on any atom is 0.0464 e. The lowest BCUT2D eigenvalue weighted by atomic mass is 9.67. The van der Waals surface area contributed by atoms with Crippen molar-refractivity contribution in [1.82, 2.24) is 0 Å². The molecule has 0 saturated carbocycles. The van der Waals surface area contributed by atoms with Gasteiger partial charge in [0, 0.05) is 40.1 Å². The number of aryl methyl sites for hydroxylation is 8. The number of benzene rings is 12. The molecule has 0 aromatic heterocycles. The van der Waals surface area contributed by atoms with E-state index in [1.54, 1.807) is 22.3 Å². The van der Waals surface area contributed by atoms with Crippen molar-refractivity contribution in [3.8, 4) is 44.5 Å². The molecule has 0 heterocycles. The van der Waals surface area contributed by atoms with Crippen LogP contribution in [0.1, 0.15) is 332 Å². The largest absolute Gasteiger partial charge is 0.0864 e. The quantitative estimate of drug-likeness (QED) is 0.0207. The molecule has 0 nitrogen and oxygen atoms in total. The van der Waals surface area contributed by atoms with Crippen molar-refractivity contribution in [3.63, 3.8) is 0 Å². The summed E-state index contributed by atoms with van der Waals surface area (Å²) in [4.78, 5) is 0. The minimum Gasteiger partial charge on any atom is -0.0864 e. The summed E-state index contributed by atoms with van der Waals surface area (Å²) in [7, 11) is 0. The Morgan fingerprint density at radius 3 is 0.894 bits per heavy atom. The van der Waals surface area contributed by atoms with Gasteiger partial charge in [0.15, 0.2) is 0 Å². The number of halogens is 5. The van der Waals surface area contributed by atoms with Crippen molar-refractivity contribution in [1.29, 1.82) is 0 Å². The molecule has 0 radical (unpaired) electrons. The molecule has 0 atom stereocenters. The van der Waals surface area contributed by atoms with Gasteiger partial charge in [-0.2, -0.15) is 0 Å². The zero-order valence-corrected chi connectivity index (χ0v) is 83.0. The standard InChI is InChI=1S/C58H62Br2.C31H36Br2.C27H27I.C2H6/c1-3-5-7-11-19-41-35-42(20-12-8-6-4-2)37-46(36-41)58(55-39-47(59)29-31-51(55)52-32-30-48(60)40-56(52)58)34-18-10-9-17-33-57(45-28-27-43-25-26-44(43)38-45)53-23-15-13-21-49(53)50-22-14-16-24-54(50)57;1-3-5-7-9-11-22-17-23(12-10-8-6-4-2)19-24(18-22)31-29-20-25(32)13-15-27(29)28-16-14-26(33)21-30(28)31;28-18-8-2-1-7-17-27(22-16-15-20-13-14-21(20)19-22)25-11-5-3-9-23(25)24-10-4-6-12-26(24)27;1-2/h13-16,21-24,27-32,35-40H,3-12,17-20,25-26,33-34H2,1-2H3;13-21,31H,3-12H2,1-2H3;3-6,9-12,15-16,19H,1-2,7-8,13-14,17-18H2;1-2H3. The molecule has 123 heavy (non-hydrogen) atoms. The van der Waals surface area contributed by atoms with Gasteiger partial charge in [0.05, 0.1) is 0 Å². The zero-order chi connectivity index (χ0) is 85.3. The lowest BCUT2D eigenvalue weighted by Crippen LogP contribution is -2.28. The van der Waals surface area contributed by atoms with E-state index in [2.05, 4.69) is 357 Å². The minimum atomic E-state index is -0.202. The van der Waals surface area contributed by atoms with E-state index in [4.69, 9.17) is 0 Å². The summed E-state index contributed by atoms with van der Waals surface area (Å²) in [5, 5.41) is 0. The van der Waals surface area contributed by atoms with Crippen LogP contribution in [0.2, 0.25) is 0 Å². The SMILES string of the molecule is CC.CCCCCCc1cc(CCCCCC)cc(C2(CCCCCCC3(c4ccc5c(c4)CC5)c4ccccc4-c4ccccc43)c3cc(Br)ccc3-c3ccc(Br)cc32)c1.CCCCCCc1cc(CCCCCC)cc(C2c3cc(Br)ccc3-c3ccc(Br)cc32)c1.ICCCCCCC1(c2ccc3c(c2)CC3)c2ccccc2-c2ccccc21. The first-order valence-corrected chi connectivity index (χ1v) is 52.8. The Balaban J connectivity index is 0.000000156. The predicted molar refractivity (Wildman–Crippen MR) is 552 cm³/mol. The molecule has 6 aliphatic carbocycles. The van der Waals surface area contributed by atoms with E-state index in [0.717, 1.165) is 21.8 Å². The van der Waals surface area contributed by atoms with Crippen molar-refractivity contribution >= 4 is 86.3 Å². The highest BCUT2D eigenvalue weighted by Crippen LogP contribution is 2.60. The van der Waals surface area contributed by atoms with E-state index in [-0.39, 0.29) is 16.2 Å². The van der Waals surface area contributed by atoms with Crippen LogP contribution >= 0.6 is 86.3 Å². The fourth-order valence-corrected chi connectivity index (χ4v) is 24.2. The van der Waals surface area contributed by atoms with Crippen LogP contribution in [0.15, 0.2) is 261 Å². The van der Waals surface area contributed by atoms with Gasteiger partial charge < -0.3 is 0 Å². The number of hydrogen-bond acceptors (Lipinski definition) is 0. The van der Waals surface area contributed by atoms with Crippen molar-refractivity contribution < 1.29 is 0 Å². The molecule has 0 N–H and O–H groups in total. The number of fused-ring (bicyclic) bond motifs is 14. The summed E-state index contributed by atoms with van der Waals surface area (Å²) < 4.78 is 5.94. The van der Waals surface area contributed by atoms with E-state index in [1.807, 2.05) is 13.8 Å². The van der Waals surface area contributed by atoms with Gasteiger partial charge in [-0.3, -0.25) is 0 Å². The van der Waals surface area contributed by atoms with Crippen LogP contribution < -0.4 is 0 Å². The number of unbranched alkanes of at least 4 members (excludes halogenated alkanes) is 18. The molecule has 12 aromatic rings. The van der Waals surface area contributed by atoms with E-state index in [9.17, 15) is 0 Å². The second-order valence-corrected chi connectivity index (χ2v) is 41.0. The third-order valence-corrected chi connectivity index (χ3v) is 31.2. The summed E-state index contributed by atoms with van der Waals surface area (Å²) in [5.41, 5.74) is 41.2. The minimum absolute atomic E-state index is 0.0160. The fourth-order valence-electron chi connectivity index (χ4n) is 22.2. The maximum absolute atomic E-state index is 3.96. The van der Waals surface area contributed by atoms with Gasteiger partial charge in [0.1, 0.15) is 0 Å². The second kappa shape index (κ2) is 43.4. The Labute approximate surface area is 788 Å². The zero-order valence-electron chi connectivity index (χ0n) is 74.5. The molecule has 0 unspecified atom stereocenters. The Hall–Kier alpha value is -6.71. The Morgan fingerprint density at radius 2 is 0.561 bits per heavy atom. The van der Waals surface area contributed by atoms with Crippen LogP contribution in [0.3, 0.4) is 0 Å². The smallest absolute Gasteiger partial charge is 0.0464 e. The molecule has 0 spiro atoms. The first-order chi connectivity index (χ1) is 60.4. The van der Waals surface area contributed by atoms with Gasteiger partial charge >= 0.3 is 0 Å². The summed E-state index contributed by atoms with van der Waals surface area (Å²) >= 11 is 17.9. The van der Waals surface area contributed by atoms with E-state index in [1.165, 1.54) is 359 Å². The normalized spacial score (nSPS) is 14.2. The van der Waals surface area contributed by atoms with Crippen LogP contribution in [-0.4, -0.2) is 4.43 Å². The maximum atomic E-state index is 3.96. The highest BCUT2D eigenvalue weighted by molar-refractivity contribution is 14.1. The fraction of sp³-hybridized carbons (Fsp3) is 0.390. The highest BCUT2D eigenvalue weighted by atomic mass is 127. The van der Waals surface area contributed by atoms with Gasteiger partial charge in [0.25, 0.3) is 0 Å². The van der Waals surface area contributed by atoms with Crippen LogP contribution in [0.4, 0.5) is 0 Å². The molecule has 0 amide bonds. The Kier molecular flexibility index (Phi) is 32.1. The van der Waals surface area contributed by atoms with Gasteiger partial charge in [-0.1, -0.05) is 444 Å². The molecular formula is C118H131Br4I. The average molecular weight is 2000 g/mol. The number of hydrogen-bond donors (Lipinski definition) is 0. The predicted octanol–water partition coefficient (Wildman–Crippen LogP) is 36.4. The molecular weight excluding hydrogens is 1860 g/mol. The van der Waals surface area contributed by atoms with Crippen molar-refractivity contribution in [2.45, 2.75) is 288 Å². The molecule has 0 fully saturated rings. The first-order valence-electron chi connectivity index (χ1n) is 48.1. The van der Waals surface area contributed by atoms with Crippen molar-refractivity contribution in [2.75, 3.05) is 4.43 Å². The van der Waals surface area contributed by atoms with E-state index >= 15 is 0 Å². The molecule has 5 heteroatoms. The molecule has 0 bridgehead atoms. The summed E-state index contributed by atoms with van der Waals surface area (Å²) in [6.07, 6.45) is 44.2.